The Labute approximate surface area is 148 Å². The lowest BCUT2D eigenvalue weighted by atomic mass is 10.1. The predicted octanol–water partition coefficient (Wildman–Crippen LogP) is 2.41. The van der Waals surface area contributed by atoms with Crippen LogP contribution in [0.25, 0.3) is 10.9 Å². The summed E-state index contributed by atoms with van der Waals surface area (Å²) < 4.78 is 6.08. The Morgan fingerprint density at radius 2 is 2.25 bits per heavy atom. The minimum Gasteiger partial charge on any atom is -0.465 e. The van der Waals surface area contributed by atoms with Gasteiger partial charge in [-0.05, 0) is 25.1 Å². The molecule has 0 fully saturated rings. The Kier molecular flexibility index (Phi) is 6.04. The fourth-order valence-corrected chi connectivity index (χ4v) is 3.05. The number of thioether (sulfide) groups is 1. The van der Waals surface area contributed by atoms with Crippen molar-refractivity contribution >= 4 is 40.2 Å². The van der Waals surface area contributed by atoms with E-state index in [2.05, 4.69) is 16.3 Å². The number of rotatable bonds is 6. The van der Waals surface area contributed by atoms with Gasteiger partial charge in [0.15, 0.2) is 5.16 Å². The fraction of sp³-hybridized carbons (Fsp3) is 0.312. The highest BCUT2D eigenvalue weighted by Crippen LogP contribution is 2.22. The Bertz CT molecular complexity index is 848. The number of aromatic nitrogens is 2. The van der Waals surface area contributed by atoms with Gasteiger partial charge in [0.05, 0.1) is 36.2 Å². The smallest absolute Gasteiger partial charge is 0.337 e. The van der Waals surface area contributed by atoms with Gasteiger partial charge in [-0.25, -0.2) is 9.78 Å². The fourth-order valence-electron chi connectivity index (χ4n) is 2.12. The van der Waals surface area contributed by atoms with Crippen molar-refractivity contribution in [1.29, 1.82) is 0 Å². The van der Waals surface area contributed by atoms with Crippen LogP contribution in [-0.2, 0) is 11.3 Å². The first kappa shape index (κ1) is 18.5. The van der Waals surface area contributed by atoms with Crippen LogP contribution in [0.2, 0.25) is 0 Å². The van der Waals surface area contributed by atoms with Crippen molar-refractivity contribution in [2.45, 2.75) is 24.7 Å². The maximum absolute atomic E-state index is 12.7. The number of ether oxygens (including phenoxy) is 1. The number of hydrogen-bond donors (Lipinski definition) is 1. The van der Waals surface area contributed by atoms with E-state index in [1.54, 1.807) is 6.92 Å². The molecule has 0 bridgehead atoms. The lowest BCUT2D eigenvalue weighted by Gasteiger charge is -2.14. The molecule has 0 aliphatic carbocycles. The van der Waals surface area contributed by atoms with E-state index < -0.39 is 12.1 Å². The monoisotopic (exact) mass is 368 g/mol. The van der Waals surface area contributed by atoms with Gasteiger partial charge in [-0.1, -0.05) is 29.9 Å². The number of hydrogen-bond acceptors (Lipinski definition) is 6. The molecule has 1 atom stereocenters. The molecule has 0 aliphatic heterocycles. The second kappa shape index (κ2) is 7.83. The Morgan fingerprint density at radius 1 is 1.54 bits per heavy atom. The summed E-state index contributed by atoms with van der Waals surface area (Å²) in [5.74, 6) is -0.133. The summed E-state index contributed by atoms with van der Waals surface area (Å²) in [6.07, 6.45) is -0.713. The maximum atomic E-state index is 12.7. The molecule has 128 valence electrons. The molecule has 1 aromatic carbocycles. The average molecular weight is 369 g/mol. The molecule has 8 heteroatoms. The first-order valence-corrected chi connectivity index (χ1v) is 8.47. The van der Waals surface area contributed by atoms with Crippen LogP contribution < -0.4 is 5.56 Å². The van der Waals surface area contributed by atoms with Crippen LogP contribution in [0.4, 0.5) is 0 Å². The van der Waals surface area contributed by atoms with E-state index in [1.807, 2.05) is 0 Å². The number of carbonyl (C=O) groups is 1. The standard InChI is InChI=1S/C16H17ClN2O4S/c1-9(17)8-24-16-18-13-6-11(15(22)23-3)4-5-12(13)14(21)19(16)7-10(2)20/h4-6,10,20H,1,7-8H2,2-3H3/t10-/m1/s1. The summed E-state index contributed by atoms with van der Waals surface area (Å²) in [6.45, 7) is 5.31. The normalized spacial score (nSPS) is 12.2. The Morgan fingerprint density at radius 3 is 2.83 bits per heavy atom. The van der Waals surface area contributed by atoms with Gasteiger partial charge in [0.1, 0.15) is 0 Å². The summed E-state index contributed by atoms with van der Waals surface area (Å²) in [5, 5.41) is 10.8. The van der Waals surface area contributed by atoms with Gasteiger partial charge in [0.2, 0.25) is 0 Å². The molecule has 0 aliphatic rings. The second-order valence-electron chi connectivity index (χ2n) is 5.19. The Balaban J connectivity index is 2.62. The molecule has 0 saturated carbocycles. The highest BCUT2D eigenvalue weighted by Gasteiger charge is 2.15. The molecule has 6 nitrogen and oxygen atoms in total. The van der Waals surface area contributed by atoms with E-state index in [4.69, 9.17) is 11.6 Å². The van der Waals surface area contributed by atoms with Gasteiger partial charge in [-0.2, -0.15) is 0 Å². The van der Waals surface area contributed by atoms with E-state index in [-0.39, 0.29) is 12.1 Å². The van der Waals surface area contributed by atoms with Crippen LogP contribution in [0, 0.1) is 0 Å². The molecule has 2 rings (SSSR count). The topological polar surface area (TPSA) is 81.4 Å². The third kappa shape index (κ3) is 4.17. The van der Waals surface area contributed by atoms with Crippen LogP contribution in [0.3, 0.4) is 0 Å². The first-order chi connectivity index (χ1) is 11.3. The summed E-state index contributed by atoms with van der Waals surface area (Å²) >= 11 is 7.03. The molecule has 1 N–H and O–H groups in total. The predicted molar refractivity (Wildman–Crippen MR) is 94.7 cm³/mol. The summed E-state index contributed by atoms with van der Waals surface area (Å²) in [5.41, 5.74) is 0.398. The SMILES string of the molecule is C=C(Cl)CSc1nc2cc(C(=O)OC)ccc2c(=O)n1C[C@@H](C)O. The molecular weight excluding hydrogens is 352 g/mol. The van der Waals surface area contributed by atoms with Crippen LogP contribution in [0.5, 0.6) is 0 Å². The van der Waals surface area contributed by atoms with Gasteiger partial charge in [0.25, 0.3) is 5.56 Å². The van der Waals surface area contributed by atoms with Crippen molar-refractivity contribution in [2.75, 3.05) is 12.9 Å². The van der Waals surface area contributed by atoms with Crippen LogP contribution in [0.1, 0.15) is 17.3 Å². The van der Waals surface area contributed by atoms with E-state index in [9.17, 15) is 14.7 Å². The molecular formula is C16H17ClN2O4S. The van der Waals surface area contributed by atoms with Gasteiger partial charge in [0, 0.05) is 10.8 Å². The molecule has 0 amide bonds. The summed E-state index contributed by atoms with van der Waals surface area (Å²) in [6, 6.07) is 4.55. The number of aliphatic hydroxyl groups is 1. The molecule has 0 unspecified atom stereocenters. The number of carbonyl (C=O) groups excluding carboxylic acids is 1. The van der Waals surface area contributed by atoms with E-state index in [0.717, 1.165) is 0 Å². The number of benzene rings is 1. The Hall–Kier alpha value is -1.83. The number of aliphatic hydroxyl groups excluding tert-OH is 1. The van der Waals surface area contributed by atoms with Crippen molar-refractivity contribution in [3.63, 3.8) is 0 Å². The van der Waals surface area contributed by atoms with E-state index >= 15 is 0 Å². The van der Waals surface area contributed by atoms with Crippen LogP contribution in [0.15, 0.2) is 39.8 Å². The highest BCUT2D eigenvalue weighted by molar-refractivity contribution is 7.99. The quantitative estimate of drug-likeness (QED) is 0.479. The first-order valence-electron chi connectivity index (χ1n) is 7.10. The van der Waals surface area contributed by atoms with Crippen LogP contribution >= 0.6 is 23.4 Å². The number of halogens is 1. The van der Waals surface area contributed by atoms with Crippen molar-refractivity contribution in [1.82, 2.24) is 9.55 Å². The van der Waals surface area contributed by atoms with Gasteiger partial charge < -0.3 is 9.84 Å². The highest BCUT2D eigenvalue weighted by atomic mass is 35.5. The summed E-state index contributed by atoms with van der Waals surface area (Å²) in [4.78, 5) is 28.8. The molecule has 24 heavy (non-hydrogen) atoms. The van der Waals surface area contributed by atoms with Gasteiger partial charge >= 0.3 is 5.97 Å². The minimum atomic E-state index is -0.713. The number of methoxy groups -OCH3 is 1. The van der Waals surface area contributed by atoms with Crippen LogP contribution in [-0.4, -0.2) is 39.6 Å². The molecule has 0 radical (unpaired) electrons. The molecule has 2 aromatic rings. The lowest BCUT2D eigenvalue weighted by molar-refractivity contribution is 0.0601. The summed E-state index contributed by atoms with van der Waals surface area (Å²) in [7, 11) is 1.29. The van der Waals surface area contributed by atoms with Crippen molar-refractivity contribution in [2.24, 2.45) is 0 Å². The number of esters is 1. The largest absolute Gasteiger partial charge is 0.465 e. The van der Waals surface area contributed by atoms with Crippen molar-refractivity contribution < 1.29 is 14.6 Å². The molecule has 0 saturated heterocycles. The third-order valence-corrected chi connectivity index (χ3v) is 4.50. The maximum Gasteiger partial charge on any atom is 0.337 e. The van der Waals surface area contributed by atoms with E-state index in [1.165, 1.54) is 41.6 Å². The second-order valence-corrected chi connectivity index (χ2v) is 6.67. The average Bonchev–Trinajstić information content (AvgIpc) is 2.54. The number of nitrogens with zero attached hydrogens (tertiary/aromatic N) is 2. The van der Waals surface area contributed by atoms with Crippen molar-refractivity contribution in [3.8, 4) is 0 Å². The zero-order valence-corrected chi connectivity index (χ0v) is 14.9. The molecule has 1 aromatic heterocycles. The van der Waals surface area contributed by atoms with Crippen molar-refractivity contribution in [3.05, 3.63) is 45.7 Å². The zero-order chi connectivity index (χ0) is 17.9. The van der Waals surface area contributed by atoms with Gasteiger partial charge in [-0.3, -0.25) is 9.36 Å². The van der Waals surface area contributed by atoms with E-state index in [0.29, 0.717) is 32.4 Å². The molecule has 1 heterocycles. The third-order valence-electron chi connectivity index (χ3n) is 3.15. The lowest BCUT2D eigenvalue weighted by Crippen LogP contribution is -2.28. The zero-order valence-electron chi connectivity index (χ0n) is 13.3. The molecule has 0 spiro atoms. The minimum absolute atomic E-state index is 0.109. The number of fused-ring (bicyclic) bond motifs is 1. The van der Waals surface area contributed by atoms with Gasteiger partial charge in [-0.15, -0.1) is 0 Å².